The number of esters is 1. The second-order valence-electron chi connectivity index (χ2n) is 10.9. The maximum Gasteiger partial charge on any atom is 0.338 e. The highest BCUT2D eigenvalue weighted by molar-refractivity contribution is 7.07. The van der Waals surface area contributed by atoms with E-state index in [1.165, 1.54) is 18.8 Å². The number of ether oxygens (including phenoxy) is 4. The number of fused-ring (bicyclic) bond motifs is 1. The third-order valence-corrected chi connectivity index (χ3v) is 8.81. The average Bonchev–Trinajstić information content (AvgIpc) is 3.44. The Morgan fingerprint density at radius 2 is 1.65 bits per heavy atom. The van der Waals surface area contributed by atoms with Gasteiger partial charge in [-0.3, -0.25) is 29.6 Å². The van der Waals surface area contributed by atoms with Gasteiger partial charge in [0.25, 0.3) is 11.2 Å². The first kappa shape index (κ1) is 34.3. The molecule has 1 aromatic heterocycles. The number of aromatic nitrogens is 1. The van der Waals surface area contributed by atoms with Crippen molar-refractivity contribution in [2.24, 2.45) is 4.99 Å². The molecule has 2 heterocycles. The van der Waals surface area contributed by atoms with E-state index in [-0.39, 0.29) is 28.2 Å². The molecule has 258 valence electrons. The number of carbonyl (C=O) groups is 1. The van der Waals surface area contributed by atoms with E-state index in [0.29, 0.717) is 38.7 Å². The van der Waals surface area contributed by atoms with Crippen LogP contribution >= 0.6 is 11.3 Å². The fraction of sp³-hybridized carbons (Fsp3) is 0.139. The summed E-state index contributed by atoms with van der Waals surface area (Å²) in [6.07, 6.45) is 1.61. The van der Waals surface area contributed by atoms with Crippen molar-refractivity contribution in [3.8, 4) is 23.0 Å². The van der Waals surface area contributed by atoms with Gasteiger partial charge in [-0.1, -0.05) is 59.9 Å². The largest absolute Gasteiger partial charge is 0.493 e. The zero-order valence-electron chi connectivity index (χ0n) is 27.3. The van der Waals surface area contributed by atoms with Crippen molar-refractivity contribution >= 4 is 40.5 Å². The molecule has 15 heteroatoms. The molecule has 0 spiro atoms. The molecule has 0 N–H and O–H groups in total. The Bertz CT molecular complexity index is 2400. The van der Waals surface area contributed by atoms with E-state index in [1.54, 1.807) is 55.5 Å². The van der Waals surface area contributed by atoms with Crippen molar-refractivity contribution in [3.63, 3.8) is 0 Å². The van der Waals surface area contributed by atoms with Crippen LogP contribution in [0.1, 0.15) is 29.7 Å². The van der Waals surface area contributed by atoms with Crippen LogP contribution in [0.5, 0.6) is 23.0 Å². The van der Waals surface area contributed by atoms with Gasteiger partial charge < -0.3 is 18.9 Å². The molecule has 0 aliphatic carbocycles. The summed E-state index contributed by atoms with van der Waals surface area (Å²) >= 11 is 1.11. The van der Waals surface area contributed by atoms with Gasteiger partial charge in [-0.2, -0.15) is 0 Å². The van der Waals surface area contributed by atoms with Crippen molar-refractivity contribution < 1.29 is 33.6 Å². The number of hydrogen-bond donors (Lipinski definition) is 0. The Hall–Kier alpha value is -6.61. The lowest BCUT2D eigenvalue weighted by atomic mass is 9.93. The number of non-ortho nitro benzene ring substituents is 1. The molecular weight excluding hydrogens is 680 g/mol. The first-order valence-electron chi connectivity index (χ1n) is 15.3. The third-order valence-electron chi connectivity index (χ3n) is 7.83. The number of rotatable bonds is 11. The maximum absolute atomic E-state index is 14.3. The first-order valence-corrected chi connectivity index (χ1v) is 16.2. The first-order chi connectivity index (χ1) is 24.6. The number of benzene rings is 4. The van der Waals surface area contributed by atoms with Gasteiger partial charge in [0.15, 0.2) is 16.3 Å². The zero-order valence-corrected chi connectivity index (χ0v) is 28.1. The van der Waals surface area contributed by atoms with Crippen LogP contribution in [0.2, 0.25) is 0 Å². The molecule has 1 aliphatic heterocycles. The van der Waals surface area contributed by atoms with Crippen LogP contribution < -0.4 is 29.1 Å². The summed E-state index contributed by atoms with van der Waals surface area (Å²) in [6.45, 7) is 1.79. The second-order valence-corrected chi connectivity index (χ2v) is 11.9. The Morgan fingerprint density at radius 3 is 2.33 bits per heavy atom. The van der Waals surface area contributed by atoms with Crippen LogP contribution in [-0.2, 0) is 9.53 Å². The van der Waals surface area contributed by atoms with Crippen LogP contribution in [0.4, 0.5) is 11.4 Å². The molecule has 4 aromatic carbocycles. The topological polar surface area (TPSA) is 175 Å². The SMILES string of the molecule is CCOC(=O)C1=C(c2ccccc2)N=c2s/c(=C/c3cccc(Oc4ccc([N+](=O)[O-])cc4[N+](=O)[O-])c3)c(=O)n2[C@@H]1c1ccc(OC)c(OC)c1. The standard InChI is InChI=1S/C36H28N4O10S/c1-4-49-35(42)31-32(22-10-6-5-7-11-22)37-36-38(33(31)23-13-15-28(47-2)29(19-23)48-3)34(41)30(51-36)18-21-9-8-12-25(17-21)50-27-16-14-24(39(43)44)20-26(27)40(45)46/h5-20,33H,4H2,1-3H3/b30-18+/t33-/m1/s1. The quantitative estimate of drug-likeness (QED) is 0.0960. The Labute approximate surface area is 293 Å². The summed E-state index contributed by atoms with van der Waals surface area (Å²) in [5, 5.41) is 22.8. The number of carbonyl (C=O) groups excluding carboxylic acids is 1. The van der Waals surface area contributed by atoms with Crippen molar-refractivity contribution in [2.45, 2.75) is 13.0 Å². The molecule has 5 aromatic rings. The lowest BCUT2D eigenvalue weighted by Gasteiger charge is -2.26. The van der Waals surface area contributed by atoms with Crippen LogP contribution in [0.3, 0.4) is 0 Å². The van der Waals surface area contributed by atoms with Gasteiger partial charge in [0.2, 0.25) is 5.75 Å². The number of nitro benzene ring substituents is 2. The average molecular weight is 709 g/mol. The summed E-state index contributed by atoms with van der Waals surface area (Å²) in [5.41, 5.74) is 0.746. The monoisotopic (exact) mass is 708 g/mol. The Morgan fingerprint density at radius 1 is 0.902 bits per heavy atom. The number of hydrogen-bond acceptors (Lipinski definition) is 12. The van der Waals surface area contributed by atoms with Crippen molar-refractivity contribution in [3.05, 3.63) is 153 Å². The van der Waals surface area contributed by atoms with Gasteiger partial charge >= 0.3 is 11.7 Å². The zero-order chi connectivity index (χ0) is 36.2. The lowest BCUT2D eigenvalue weighted by molar-refractivity contribution is -0.394. The van der Waals surface area contributed by atoms with E-state index in [2.05, 4.69) is 0 Å². The molecule has 1 aliphatic rings. The Kier molecular flexibility index (Phi) is 9.72. The molecule has 0 amide bonds. The normalized spacial score (nSPS) is 13.9. The number of methoxy groups -OCH3 is 2. The number of nitrogens with zero attached hydrogens (tertiary/aromatic N) is 4. The minimum absolute atomic E-state index is 0.0922. The van der Waals surface area contributed by atoms with E-state index >= 15 is 0 Å². The Balaban J connectivity index is 1.51. The molecule has 0 fully saturated rings. The van der Waals surface area contributed by atoms with E-state index < -0.39 is 38.8 Å². The van der Waals surface area contributed by atoms with E-state index in [1.807, 2.05) is 30.3 Å². The molecule has 0 radical (unpaired) electrons. The molecule has 0 saturated carbocycles. The smallest absolute Gasteiger partial charge is 0.338 e. The summed E-state index contributed by atoms with van der Waals surface area (Å²) in [4.78, 5) is 54.6. The summed E-state index contributed by atoms with van der Waals surface area (Å²) in [7, 11) is 2.99. The third kappa shape index (κ3) is 6.82. The highest BCUT2D eigenvalue weighted by Gasteiger charge is 2.35. The molecule has 0 unspecified atom stereocenters. The number of nitro groups is 2. The predicted molar refractivity (Wildman–Crippen MR) is 187 cm³/mol. The minimum Gasteiger partial charge on any atom is -0.493 e. The maximum atomic E-state index is 14.3. The van der Waals surface area contributed by atoms with E-state index in [9.17, 15) is 29.8 Å². The van der Waals surface area contributed by atoms with Gasteiger partial charge in [0.05, 0.1) is 58.6 Å². The van der Waals surface area contributed by atoms with Crippen LogP contribution in [0, 0.1) is 20.2 Å². The predicted octanol–water partition coefficient (Wildman–Crippen LogP) is 5.56. The van der Waals surface area contributed by atoms with Gasteiger partial charge in [-0.25, -0.2) is 9.79 Å². The van der Waals surface area contributed by atoms with Crippen LogP contribution in [-0.4, -0.2) is 41.2 Å². The van der Waals surface area contributed by atoms with Crippen molar-refractivity contribution in [1.82, 2.24) is 4.57 Å². The molecule has 14 nitrogen and oxygen atoms in total. The fourth-order valence-electron chi connectivity index (χ4n) is 5.57. The van der Waals surface area contributed by atoms with E-state index in [4.69, 9.17) is 23.9 Å². The molecule has 6 rings (SSSR count). The fourth-order valence-corrected chi connectivity index (χ4v) is 6.57. The van der Waals surface area contributed by atoms with Crippen LogP contribution in [0.15, 0.2) is 106 Å². The van der Waals surface area contributed by atoms with Crippen molar-refractivity contribution in [2.75, 3.05) is 20.8 Å². The molecular formula is C36H28N4O10S. The second kappa shape index (κ2) is 14.5. The number of thiazole rings is 1. The molecule has 1 atom stereocenters. The van der Waals surface area contributed by atoms with Gasteiger partial charge in [-0.15, -0.1) is 0 Å². The van der Waals surface area contributed by atoms with Crippen molar-refractivity contribution in [1.29, 1.82) is 0 Å². The van der Waals surface area contributed by atoms with Crippen LogP contribution in [0.25, 0.3) is 11.8 Å². The van der Waals surface area contributed by atoms with Gasteiger partial charge in [0, 0.05) is 11.6 Å². The highest BCUT2D eigenvalue weighted by Crippen LogP contribution is 2.39. The molecule has 0 saturated heterocycles. The minimum atomic E-state index is -0.963. The molecule has 0 bridgehead atoms. The highest BCUT2D eigenvalue weighted by atomic mass is 32.1. The van der Waals surface area contributed by atoms with Gasteiger partial charge in [-0.05, 0) is 54.5 Å². The summed E-state index contributed by atoms with van der Waals surface area (Å²) in [5.74, 6) is 0.201. The molecule has 51 heavy (non-hydrogen) atoms. The summed E-state index contributed by atoms with van der Waals surface area (Å²) in [6, 6.07) is 22.8. The summed E-state index contributed by atoms with van der Waals surface area (Å²) < 4.78 is 24.0. The van der Waals surface area contributed by atoms with Gasteiger partial charge in [0.1, 0.15) is 5.75 Å². The lowest BCUT2D eigenvalue weighted by Crippen LogP contribution is -2.40. The van der Waals surface area contributed by atoms with E-state index in [0.717, 1.165) is 29.5 Å².